The van der Waals surface area contributed by atoms with Crippen LogP contribution in [-0.4, -0.2) is 18.6 Å². The summed E-state index contributed by atoms with van der Waals surface area (Å²) in [6.07, 6.45) is -0.764. The second-order valence-electron chi connectivity index (χ2n) is 5.06. The van der Waals surface area contributed by atoms with Crippen molar-refractivity contribution in [2.45, 2.75) is 30.1 Å². The van der Waals surface area contributed by atoms with E-state index >= 15 is 0 Å². The summed E-state index contributed by atoms with van der Waals surface area (Å²) in [6, 6.07) is 8.16. The van der Waals surface area contributed by atoms with Crippen LogP contribution in [0.15, 0.2) is 41.3 Å². The lowest BCUT2D eigenvalue weighted by molar-refractivity contribution is 0.148. The van der Waals surface area contributed by atoms with E-state index in [4.69, 9.17) is 0 Å². The van der Waals surface area contributed by atoms with Gasteiger partial charge in [-0.25, -0.2) is 17.2 Å². The van der Waals surface area contributed by atoms with Gasteiger partial charge in [0.1, 0.15) is 0 Å². The topological polar surface area (TPSA) is 72.0 Å². The first-order chi connectivity index (χ1) is 10.5. The van der Waals surface area contributed by atoms with Crippen molar-refractivity contribution >= 4 is 15.8 Å². The standard InChI is InChI=1S/C14H13F2N3O2S/c15-14(16)10-3-1-2-4-12(10)22(20,21)19-13-8-7-11(17-18-13)9-5-6-9/h1-4,7-9,14H,5-6H2,(H,18,19). The second-order valence-corrected chi connectivity index (χ2v) is 6.71. The summed E-state index contributed by atoms with van der Waals surface area (Å²) in [6.45, 7) is 0. The molecule has 8 heteroatoms. The number of benzene rings is 1. The van der Waals surface area contributed by atoms with Crippen LogP contribution in [0.25, 0.3) is 0 Å². The van der Waals surface area contributed by atoms with Crippen molar-refractivity contribution in [2.75, 3.05) is 4.72 Å². The van der Waals surface area contributed by atoms with Crippen LogP contribution in [0, 0.1) is 0 Å². The van der Waals surface area contributed by atoms with Gasteiger partial charge in [-0.3, -0.25) is 4.72 Å². The molecule has 2 aromatic rings. The molecule has 1 fully saturated rings. The first kappa shape index (κ1) is 14.8. The van der Waals surface area contributed by atoms with Gasteiger partial charge in [0.25, 0.3) is 16.4 Å². The van der Waals surface area contributed by atoms with Crippen molar-refractivity contribution < 1.29 is 17.2 Å². The molecule has 1 heterocycles. The summed E-state index contributed by atoms with van der Waals surface area (Å²) in [5.74, 6) is 0.409. The highest BCUT2D eigenvalue weighted by Gasteiger charge is 2.26. The number of anilines is 1. The molecule has 0 aliphatic heterocycles. The van der Waals surface area contributed by atoms with Crippen LogP contribution in [0.4, 0.5) is 14.6 Å². The third kappa shape index (κ3) is 3.06. The van der Waals surface area contributed by atoms with Gasteiger partial charge in [-0.05, 0) is 31.0 Å². The summed E-state index contributed by atoms with van der Waals surface area (Å²) in [7, 11) is -4.14. The molecular weight excluding hydrogens is 312 g/mol. The molecule has 0 atom stereocenters. The number of hydrogen-bond acceptors (Lipinski definition) is 4. The summed E-state index contributed by atoms with van der Waals surface area (Å²) < 4.78 is 52.5. The van der Waals surface area contributed by atoms with Crippen molar-refractivity contribution in [3.63, 3.8) is 0 Å². The lowest BCUT2D eigenvalue weighted by Gasteiger charge is -2.11. The fraction of sp³-hybridized carbons (Fsp3) is 0.286. The molecule has 0 saturated heterocycles. The van der Waals surface area contributed by atoms with E-state index in [1.54, 1.807) is 6.07 Å². The van der Waals surface area contributed by atoms with Gasteiger partial charge in [0.2, 0.25) is 0 Å². The molecule has 0 unspecified atom stereocenters. The van der Waals surface area contributed by atoms with Crippen LogP contribution in [0.5, 0.6) is 0 Å². The number of nitrogens with one attached hydrogen (secondary N) is 1. The minimum atomic E-state index is -4.14. The van der Waals surface area contributed by atoms with Crippen molar-refractivity contribution in [3.8, 4) is 0 Å². The lowest BCUT2D eigenvalue weighted by atomic mass is 10.2. The third-order valence-electron chi connectivity index (χ3n) is 3.36. The monoisotopic (exact) mass is 325 g/mol. The van der Waals surface area contributed by atoms with E-state index in [-0.39, 0.29) is 5.82 Å². The molecule has 1 aromatic carbocycles. The molecule has 1 aliphatic carbocycles. The van der Waals surface area contributed by atoms with Gasteiger partial charge >= 0.3 is 0 Å². The minimum absolute atomic E-state index is 0.00784. The molecule has 22 heavy (non-hydrogen) atoms. The molecule has 116 valence electrons. The van der Waals surface area contributed by atoms with Gasteiger partial charge in [0, 0.05) is 11.5 Å². The number of hydrogen-bond donors (Lipinski definition) is 1. The van der Waals surface area contributed by atoms with Crippen LogP contribution in [0.1, 0.15) is 36.4 Å². The maximum atomic E-state index is 12.9. The van der Waals surface area contributed by atoms with Gasteiger partial charge in [0.15, 0.2) is 5.82 Å². The van der Waals surface area contributed by atoms with Crippen molar-refractivity contribution in [2.24, 2.45) is 0 Å². The maximum absolute atomic E-state index is 12.9. The average molecular weight is 325 g/mol. The highest BCUT2D eigenvalue weighted by atomic mass is 32.2. The lowest BCUT2D eigenvalue weighted by Crippen LogP contribution is -2.16. The van der Waals surface area contributed by atoms with E-state index in [0.717, 1.165) is 30.7 Å². The first-order valence-electron chi connectivity index (χ1n) is 6.71. The highest BCUT2D eigenvalue weighted by molar-refractivity contribution is 7.92. The van der Waals surface area contributed by atoms with Gasteiger partial charge in [-0.15, -0.1) is 5.10 Å². The minimum Gasteiger partial charge on any atom is -0.262 e. The number of alkyl halides is 2. The summed E-state index contributed by atoms with van der Waals surface area (Å²) >= 11 is 0. The number of sulfonamides is 1. The number of aromatic nitrogens is 2. The molecule has 1 saturated carbocycles. The zero-order valence-electron chi connectivity index (χ0n) is 11.4. The zero-order valence-corrected chi connectivity index (χ0v) is 12.2. The van der Waals surface area contributed by atoms with Gasteiger partial charge in [-0.1, -0.05) is 18.2 Å². The van der Waals surface area contributed by atoms with Gasteiger partial charge in [0.05, 0.1) is 10.6 Å². The van der Waals surface area contributed by atoms with Crippen LogP contribution < -0.4 is 4.72 Å². The first-order valence-corrected chi connectivity index (χ1v) is 8.19. The molecule has 5 nitrogen and oxygen atoms in total. The smallest absolute Gasteiger partial charge is 0.262 e. The molecule has 1 aliphatic rings. The highest BCUT2D eigenvalue weighted by Crippen LogP contribution is 2.38. The molecule has 1 N–H and O–H groups in total. The summed E-state index contributed by atoms with van der Waals surface area (Å²) in [5, 5.41) is 7.75. The summed E-state index contributed by atoms with van der Waals surface area (Å²) in [4.78, 5) is -0.460. The van der Waals surface area contributed by atoms with Crippen LogP contribution in [0.2, 0.25) is 0 Å². The van der Waals surface area contributed by atoms with Crippen LogP contribution in [0.3, 0.4) is 0 Å². The maximum Gasteiger partial charge on any atom is 0.265 e. The third-order valence-corrected chi connectivity index (χ3v) is 4.79. The van der Waals surface area contributed by atoms with Gasteiger partial charge in [-0.2, -0.15) is 5.10 Å². The van der Waals surface area contributed by atoms with E-state index in [9.17, 15) is 17.2 Å². The largest absolute Gasteiger partial charge is 0.265 e. The quantitative estimate of drug-likeness (QED) is 0.917. The Morgan fingerprint density at radius 3 is 2.41 bits per heavy atom. The SMILES string of the molecule is O=S(=O)(Nc1ccc(C2CC2)nn1)c1ccccc1C(F)F. The Bertz CT molecular complexity index is 775. The van der Waals surface area contributed by atoms with Crippen LogP contribution >= 0.6 is 0 Å². The Morgan fingerprint density at radius 1 is 1.09 bits per heavy atom. The van der Waals surface area contributed by atoms with Crippen molar-refractivity contribution in [3.05, 3.63) is 47.7 Å². The van der Waals surface area contributed by atoms with E-state index < -0.39 is 26.9 Å². The van der Waals surface area contributed by atoms with Crippen LogP contribution in [-0.2, 0) is 10.0 Å². The van der Waals surface area contributed by atoms with E-state index in [1.807, 2.05) is 0 Å². The number of nitrogens with zero attached hydrogens (tertiary/aromatic N) is 2. The zero-order chi connectivity index (χ0) is 15.7. The van der Waals surface area contributed by atoms with E-state index in [2.05, 4.69) is 14.9 Å². The normalized spacial score (nSPS) is 15.0. The Balaban J connectivity index is 1.87. The van der Waals surface area contributed by atoms with E-state index in [0.29, 0.717) is 5.92 Å². The van der Waals surface area contributed by atoms with E-state index in [1.165, 1.54) is 18.2 Å². The van der Waals surface area contributed by atoms with Crippen molar-refractivity contribution in [1.82, 2.24) is 10.2 Å². The Labute approximate surface area is 126 Å². The predicted molar refractivity (Wildman–Crippen MR) is 76.2 cm³/mol. The Kier molecular flexibility index (Phi) is 3.78. The molecule has 3 rings (SSSR count). The molecule has 0 spiro atoms. The average Bonchev–Trinajstić information content (AvgIpc) is 3.32. The second kappa shape index (κ2) is 5.60. The molecule has 1 aromatic heterocycles. The van der Waals surface area contributed by atoms with Gasteiger partial charge < -0.3 is 0 Å². The molecule has 0 radical (unpaired) electrons. The fourth-order valence-electron chi connectivity index (χ4n) is 2.09. The number of rotatable bonds is 5. The number of halogens is 2. The molecular formula is C14H13F2N3O2S. The molecule has 0 bridgehead atoms. The van der Waals surface area contributed by atoms with Crippen molar-refractivity contribution in [1.29, 1.82) is 0 Å². The molecule has 0 amide bonds. The Hall–Kier alpha value is -2.09. The Morgan fingerprint density at radius 2 is 1.82 bits per heavy atom. The summed E-state index contributed by atoms with van der Waals surface area (Å²) in [5.41, 5.74) is 0.272. The fourth-order valence-corrected chi connectivity index (χ4v) is 3.31. The predicted octanol–water partition coefficient (Wildman–Crippen LogP) is 3.09.